The van der Waals surface area contributed by atoms with Crippen LogP contribution in [0.15, 0.2) is 64.3 Å². The molecule has 10 nitrogen and oxygen atoms in total. The van der Waals surface area contributed by atoms with Crippen molar-refractivity contribution in [3.05, 3.63) is 103 Å². The van der Waals surface area contributed by atoms with E-state index in [-0.39, 0.29) is 40.5 Å². The number of hydrogen-bond donors (Lipinski definition) is 4. The van der Waals surface area contributed by atoms with E-state index in [9.17, 15) is 19.5 Å². The van der Waals surface area contributed by atoms with E-state index in [1.807, 2.05) is 0 Å². The number of carbonyl (C=O) groups excluding carboxylic acids is 1. The average molecular weight is 643 g/mol. The zero-order chi connectivity index (χ0) is 31.5. The standard InChI is InChI=1S/C31H29Cl2FN4O6/c1-38-30(41)21(14-36-31(38)42)29(40)37-24-8-4-7-19(28(24)33)18-6-3-5-17(27(18)32)16-11-22(34)20(26(12-16)43-2)13-35-23-9-10-44-15-25(23)39/h3-8,11-12,14,23,25,35,39H,9-10,13,15H2,1-2H3,(H,36,42)(H,37,40)/t23-,25+/m1/s1. The smallest absolute Gasteiger partial charge is 0.328 e. The number of H-pyrrole nitrogens is 1. The van der Waals surface area contributed by atoms with Crippen molar-refractivity contribution < 1.29 is 23.8 Å². The van der Waals surface area contributed by atoms with Crippen molar-refractivity contribution in [1.29, 1.82) is 0 Å². The molecule has 4 aromatic rings. The molecule has 0 radical (unpaired) electrons. The fraction of sp³-hybridized carbons (Fsp3) is 0.258. The van der Waals surface area contributed by atoms with Gasteiger partial charge in [-0.05, 0) is 30.2 Å². The summed E-state index contributed by atoms with van der Waals surface area (Å²) in [6.45, 7) is 0.875. The summed E-state index contributed by atoms with van der Waals surface area (Å²) in [5.74, 6) is -0.957. The van der Waals surface area contributed by atoms with Gasteiger partial charge in [0.1, 0.15) is 17.1 Å². The first-order valence-corrected chi connectivity index (χ1v) is 14.4. The number of ether oxygens (including phenoxy) is 2. The molecule has 13 heteroatoms. The summed E-state index contributed by atoms with van der Waals surface area (Å²) in [7, 11) is 2.71. The molecule has 1 fully saturated rings. The topological polar surface area (TPSA) is 135 Å². The number of anilines is 1. The maximum Gasteiger partial charge on any atom is 0.328 e. The third kappa shape index (κ3) is 6.28. The molecular weight excluding hydrogens is 614 g/mol. The van der Waals surface area contributed by atoms with Gasteiger partial charge < -0.3 is 30.2 Å². The highest BCUT2D eigenvalue weighted by molar-refractivity contribution is 6.39. The average Bonchev–Trinajstić information content (AvgIpc) is 3.01. The van der Waals surface area contributed by atoms with Crippen LogP contribution in [0, 0.1) is 5.82 Å². The van der Waals surface area contributed by atoms with Crippen molar-refractivity contribution in [3.8, 4) is 28.0 Å². The van der Waals surface area contributed by atoms with E-state index < -0.39 is 29.1 Å². The van der Waals surface area contributed by atoms with Crippen molar-refractivity contribution in [3.63, 3.8) is 0 Å². The lowest BCUT2D eigenvalue weighted by atomic mass is 9.97. The summed E-state index contributed by atoms with van der Waals surface area (Å²) in [6, 6.07) is 13.0. The first-order valence-electron chi connectivity index (χ1n) is 13.6. The van der Waals surface area contributed by atoms with Crippen LogP contribution in [0.1, 0.15) is 22.3 Å². The Hall–Kier alpha value is -4.00. The van der Waals surface area contributed by atoms with Crippen LogP contribution < -0.4 is 26.6 Å². The Morgan fingerprint density at radius 2 is 1.84 bits per heavy atom. The number of amides is 1. The van der Waals surface area contributed by atoms with Crippen LogP contribution in [0.5, 0.6) is 5.75 Å². The molecule has 0 saturated carbocycles. The number of hydrogen-bond acceptors (Lipinski definition) is 7. The van der Waals surface area contributed by atoms with Crippen molar-refractivity contribution in [2.75, 3.05) is 25.6 Å². The van der Waals surface area contributed by atoms with Crippen LogP contribution in [0.4, 0.5) is 10.1 Å². The molecule has 230 valence electrons. The molecule has 3 aromatic carbocycles. The number of rotatable bonds is 8. The number of halogens is 3. The van der Waals surface area contributed by atoms with Gasteiger partial charge in [0, 0.05) is 54.7 Å². The van der Waals surface area contributed by atoms with E-state index in [1.54, 1.807) is 42.5 Å². The van der Waals surface area contributed by atoms with Gasteiger partial charge in [-0.1, -0.05) is 53.5 Å². The lowest BCUT2D eigenvalue weighted by Crippen LogP contribution is -2.46. The summed E-state index contributed by atoms with van der Waals surface area (Å²) in [5, 5.41) is 16.4. The maximum atomic E-state index is 15.5. The minimum absolute atomic E-state index is 0.143. The molecule has 5 rings (SSSR count). The van der Waals surface area contributed by atoms with E-state index >= 15 is 4.39 Å². The maximum absolute atomic E-state index is 15.5. The lowest BCUT2D eigenvalue weighted by Gasteiger charge is -2.29. The molecule has 1 aromatic heterocycles. The predicted octanol–water partition coefficient (Wildman–Crippen LogP) is 4.35. The second-order valence-corrected chi connectivity index (χ2v) is 11.0. The van der Waals surface area contributed by atoms with Crippen molar-refractivity contribution in [1.82, 2.24) is 14.9 Å². The molecule has 1 amide bonds. The number of carbonyl (C=O) groups is 1. The number of nitrogens with one attached hydrogen (secondary N) is 3. The predicted molar refractivity (Wildman–Crippen MR) is 166 cm³/mol. The third-order valence-electron chi connectivity index (χ3n) is 7.51. The van der Waals surface area contributed by atoms with Gasteiger partial charge in [0.2, 0.25) is 0 Å². The Morgan fingerprint density at radius 3 is 2.57 bits per heavy atom. The highest BCUT2D eigenvalue weighted by atomic mass is 35.5. The molecule has 2 atom stereocenters. The number of aromatic nitrogens is 2. The fourth-order valence-electron chi connectivity index (χ4n) is 5.03. The van der Waals surface area contributed by atoms with E-state index in [2.05, 4.69) is 15.6 Å². The minimum Gasteiger partial charge on any atom is -0.496 e. The van der Waals surface area contributed by atoms with Crippen molar-refractivity contribution >= 4 is 34.8 Å². The number of methoxy groups -OCH3 is 1. The van der Waals surface area contributed by atoms with E-state index in [0.717, 1.165) is 10.8 Å². The zero-order valence-corrected chi connectivity index (χ0v) is 25.3. The Labute approximate surface area is 261 Å². The Balaban J connectivity index is 1.44. The summed E-state index contributed by atoms with van der Waals surface area (Å²) in [6.07, 6.45) is 0.958. The number of aliphatic hydroxyl groups is 1. The first-order chi connectivity index (χ1) is 21.1. The molecule has 0 unspecified atom stereocenters. The quantitative estimate of drug-likeness (QED) is 0.224. The van der Waals surface area contributed by atoms with E-state index in [1.165, 1.54) is 20.2 Å². The minimum atomic E-state index is -0.764. The molecule has 1 aliphatic heterocycles. The van der Waals surface area contributed by atoms with Crippen LogP contribution in [0.25, 0.3) is 22.3 Å². The van der Waals surface area contributed by atoms with Crippen molar-refractivity contribution in [2.45, 2.75) is 25.1 Å². The number of benzene rings is 3. The highest BCUT2D eigenvalue weighted by Crippen LogP contribution is 2.42. The van der Waals surface area contributed by atoms with Crippen LogP contribution in [-0.2, 0) is 18.3 Å². The summed E-state index contributed by atoms with van der Waals surface area (Å²) in [4.78, 5) is 39.3. The van der Waals surface area contributed by atoms with Gasteiger partial charge in [0.15, 0.2) is 0 Å². The number of aliphatic hydroxyl groups excluding tert-OH is 1. The highest BCUT2D eigenvalue weighted by Gasteiger charge is 2.25. The molecule has 0 aliphatic carbocycles. The molecule has 0 spiro atoms. The van der Waals surface area contributed by atoms with Gasteiger partial charge >= 0.3 is 5.69 Å². The summed E-state index contributed by atoms with van der Waals surface area (Å²) in [5.41, 5.74) is 0.817. The molecular formula is C31H29Cl2FN4O6. The Kier molecular flexibility index (Phi) is 9.52. The second kappa shape index (κ2) is 13.3. The Morgan fingerprint density at radius 1 is 1.14 bits per heavy atom. The van der Waals surface area contributed by atoms with Crippen LogP contribution in [-0.4, -0.2) is 53.0 Å². The van der Waals surface area contributed by atoms with E-state index in [0.29, 0.717) is 46.6 Å². The summed E-state index contributed by atoms with van der Waals surface area (Å²) >= 11 is 13.6. The fourth-order valence-corrected chi connectivity index (χ4v) is 5.64. The van der Waals surface area contributed by atoms with E-state index in [4.69, 9.17) is 32.7 Å². The van der Waals surface area contributed by atoms with Crippen molar-refractivity contribution in [2.24, 2.45) is 7.05 Å². The monoisotopic (exact) mass is 642 g/mol. The normalized spacial score (nSPS) is 16.5. The molecule has 1 saturated heterocycles. The second-order valence-electron chi connectivity index (χ2n) is 10.2. The molecule has 2 heterocycles. The SMILES string of the molecule is COc1cc(-c2cccc(-c3cccc(NC(=O)c4c[nH]c(=O)n(C)c4=O)c3Cl)c2Cl)cc(F)c1CN[C@@H]1CCOC[C@@H]1O. The number of aromatic amines is 1. The van der Waals surface area contributed by atoms with Gasteiger partial charge in [-0.2, -0.15) is 0 Å². The number of nitrogens with zero attached hydrogens (tertiary/aromatic N) is 1. The molecule has 0 bridgehead atoms. The van der Waals surface area contributed by atoms with Gasteiger partial charge in [0.05, 0.1) is 35.6 Å². The largest absolute Gasteiger partial charge is 0.496 e. The van der Waals surface area contributed by atoms with Crippen LogP contribution in [0.3, 0.4) is 0 Å². The van der Waals surface area contributed by atoms with Gasteiger partial charge in [0.25, 0.3) is 11.5 Å². The van der Waals surface area contributed by atoms with Gasteiger partial charge in [-0.3, -0.25) is 14.2 Å². The lowest BCUT2D eigenvalue weighted by molar-refractivity contribution is -0.0281. The summed E-state index contributed by atoms with van der Waals surface area (Å²) < 4.78 is 27.1. The zero-order valence-electron chi connectivity index (χ0n) is 23.7. The van der Waals surface area contributed by atoms with Crippen LogP contribution in [0.2, 0.25) is 10.0 Å². The van der Waals surface area contributed by atoms with Gasteiger partial charge in [-0.25, -0.2) is 9.18 Å². The molecule has 1 aliphatic rings. The van der Waals surface area contributed by atoms with Crippen LogP contribution >= 0.6 is 23.2 Å². The Bertz CT molecular complexity index is 1840. The molecule has 44 heavy (non-hydrogen) atoms. The van der Waals surface area contributed by atoms with Gasteiger partial charge in [-0.15, -0.1) is 0 Å². The first kappa shape index (κ1) is 31.4. The molecule has 4 N–H and O–H groups in total. The third-order valence-corrected chi connectivity index (χ3v) is 8.33.